The Morgan fingerprint density at radius 2 is 1.84 bits per heavy atom. The molecule has 0 N–H and O–H groups in total. The third-order valence-corrected chi connectivity index (χ3v) is 5.65. The van der Waals surface area contributed by atoms with Gasteiger partial charge in [0.2, 0.25) is 0 Å². The predicted molar refractivity (Wildman–Crippen MR) is 97.6 cm³/mol. The minimum atomic E-state index is -3.62. The van der Waals surface area contributed by atoms with E-state index in [-0.39, 0.29) is 4.90 Å². The molecule has 130 valence electrons. The Bertz CT molecular complexity index is 1070. The van der Waals surface area contributed by atoms with Gasteiger partial charge in [-0.2, -0.15) is 0 Å². The lowest BCUT2D eigenvalue weighted by atomic mass is 9.99. The summed E-state index contributed by atoms with van der Waals surface area (Å²) in [4.78, 5) is -0.330. The van der Waals surface area contributed by atoms with Crippen LogP contribution in [0, 0.1) is 19.7 Å². The number of benzene rings is 2. The molecule has 0 bridgehead atoms. The molecule has 25 heavy (non-hydrogen) atoms. The van der Waals surface area contributed by atoms with Gasteiger partial charge in [-0.15, -0.1) is 0 Å². The zero-order valence-corrected chi connectivity index (χ0v) is 16.2. The fourth-order valence-corrected chi connectivity index (χ4v) is 4.07. The Morgan fingerprint density at radius 1 is 1.12 bits per heavy atom. The average molecular weight is 424 g/mol. The Morgan fingerprint density at radius 3 is 2.44 bits per heavy atom. The first kappa shape index (κ1) is 17.8. The van der Waals surface area contributed by atoms with Gasteiger partial charge in [0, 0.05) is 16.3 Å². The fourth-order valence-electron chi connectivity index (χ4n) is 2.67. The third kappa shape index (κ3) is 3.39. The van der Waals surface area contributed by atoms with Crippen molar-refractivity contribution in [3.8, 4) is 22.4 Å². The monoisotopic (exact) mass is 423 g/mol. The second-order valence-electron chi connectivity index (χ2n) is 5.86. The van der Waals surface area contributed by atoms with Crippen LogP contribution >= 0.6 is 15.9 Å². The molecule has 0 saturated heterocycles. The standard InChI is InChI=1S/C18H15BrFNO3S/c1-10-4-6-13(14(19)8-10)18-17(11(2)24-21-18)12-5-7-16(15(20)9-12)25(3,22)23/h4-9H,1-3H3. The molecule has 0 aliphatic carbocycles. The minimum absolute atomic E-state index is 0.330. The molecule has 0 spiro atoms. The predicted octanol–water partition coefficient (Wildman–Crippen LogP) is 4.93. The van der Waals surface area contributed by atoms with E-state index < -0.39 is 15.7 Å². The highest BCUT2D eigenvalue weighted by Crippen LogP contribution is 2.38. The molecule has 0 atom stereocenters. The van der Waals surface area contributed by atoms with Crippen LogP contribution in [0.3, 0.4) is 0 Å². The molecule has 3 aromatic rings. The summed E-state index contributed by atoms with van der Waals surface area (Å²) < 4.78 is 43.7. The van der Waals surface area contributed by atoms with Gasteiger partial charge in [0.1, 0.15) is 22.2 Å². The first-order valence-electron chi connectivity index (χ1n) is 7.41. The van der Waals surface area contributed by atoms with E-state index in [4.69, 9.17) is 4.52 Å². The maximum Gasteiger partial charge on any atom is 0.178 e. The number of aromatic nitrogens is 1. The van der Waals surface area contributed by atoms with Gasteiger partial charge in [0.05, 0.1) is 5.56 Å². The first-order valence-corrected chi connectivity index (χ1v) is 10.1. The largest absolute Gasteiger partial charge is 0.360 e. The van der Waals surface area contributed by atoms with Gasteiger partial charge in [-0.25, -0.2) is 12.8 Å². The second kappa shape index (κ2) is 6.38. The van der Waals surface area contributed by atoms with E-state index in [0.29, 0.717) is 22.6 Å². The summed E-state index contributed by atoms with van der Waals surface area (Å²) in [6, 6.07) is 9.83. The van der Waals surface area contributed by atoms with Crippen molar-refractivity contribution in [3.05, 3.63) is 58.0 Å². The Hall–Kier alpha value is -1.99. The molecule has 0 radical (unpaired) electrons. The van der Waals surface area contributed by atoms with Crippen LogP contribution in [-0.4, -0.2) is 19.8 Å². The normalized spacial score (nSPS) is 11.7. The van der Waals surface area contributed by atoms with E-state index in [1.807, 2.05) is 25.1 Å². The van der Waals surface area contributed by atoms with Gasteiger partial charge in [0.25, 0.3) is 0 Å². The van der Waals surface area contributed by atoms with Crippen molar-refractivity contribution in [1.29, 1.82) is 0 Å². The fraction of sp³-hybridized carbons (Fsp3) is 0.167. The molecule has 0 saturated carbocycles. The third-order valence-electron chi connectivity index (χ3n) is 3.86. The first-order chi connectivity index (χ1) is 11.7. The Kier molecular flexibility index (Phi) is 4.55. The highest BCUT2D eigenvalue weighted by atomic mass is 79.9. The summed E-state index contributed by atoms with van der Waals surface area (Å²) in [6.45, 7) is 3.71. The van der Waals surface area contributed by atoms with Crippen LogP contribution in [0.5, 0.6) is 0 Å². The summed E-state index contributed by atoms with van der Waals surface area (Å²) in [7, 11) is -3.62. The summed E-state index contributed by atoms with van der Waals surface area (Å²) >= 11 is 3.52. The maximum absolute atomic E-state index is 14.3. The molecule has 1 heterocycles. The van der Waals surface area contributed by atoms with Gasteiger partial charge in [-0.05, 0) is 43.2 Å². The Labute approximate surface area is 153 Å². The second-order valence-corrected chi connectivity index (χ2v) is 8.70. The molecule has 0 amide bonds. The van der Waals surface area contributed by atoms with Crippen molar-refractivity contribution in [2.24, 2.45) is 0 Å². The molecule has 0 unspecified atom stereocenters. The molecular formula is C18H15BrFNO3S. The van der Waals surface area contributed by atoms with E-state index in [1.165, 1.54) is 12.1 Å². The van der Waals surface area contributed by atoms with Gasteiger partial charge in [-0.1, -0.05) is 39.3 Å². The van der Waals surface area contributed by atoms with Crippen LogP contribution in [0.15, 0.2) is 50.3 Å². The number of sulfone groups is 1. The van der Waals surface area contributed by atoms with Crippen molar-refractivity contribution < 1.29 is 17.3 Å². The number of nitrogens with zero attached hydrogens (tertiary/aromatic N) is 1. The number of hydrogen-bond acceptors (Lipinski definition) is 4. The van der Waals surface area contributed by atoms with Gasteiger partial charge in [-0.3, -0.25) is 0 Å². The zero-order chi connectivity index (χ0) is 18.4. The van der Waals surface area contributed by atoms with Gasteiger partial charge >= 0.3 is 0 Å². The van der Waals surface area contributed by atoms with Gasteiger partial charge < -0.3 is 4.52 Å². The van der Waals surface area contributed by atoms with Crippen LogP contribution < -0.4 is 0 Å². The van der Waals surface area contributed by atoms with Crippen molar-refractivity contribution in [2.75, 3.05) is 6.26 Å². The van der Waals surface area contributed by atoms with Crippen molar-refractivity contribution >= 4 is 25.8 Å². The lowest BCUT2D eigenvalue weighted by Crippen LogP contribution is -2.00. The van der Waals surface area contributed by atoms with E-state index in [2.05, 4.69) is 21.1 Å². The molecule has 2 aromatic carbocycles. The van der Waals surface area contributed by atoms with Crippen molar-refractivity contribution in [3.63, 3.8) is 0 Å². The molecule has 7 heteroatoms. The topological polar surface area (TPSA) is 60.2 Å². The Balaban J connectivity index is 2.20. The number of rotatable bonds is 3. The summed E-state index contributed by atoms with van der Waals surface area (Å²) in [5.41, 5.74) is 3.59. The summed E-state index contributed by atoms with van der Waals surface area (Å²) in [5.74, 6) is -0.275. The molecule has 3 rings (SSSR count). The van der Waals surface area contributed by atoms with Crippen LogP contribution in [0.1, 0.15) is 11.3 Å². The molecule has 0 fully saturated rings. The molecule has 4 nitrogen and oxygen atoms in total. The summed E-state index contributed by atoms with van der Waals surface area (Å²) in [6.07, 6.45) is 0.977. The van der Waals surface area contributed by atoms with Gasteiger partial charge in [0.15, 0.2) is 9.84 Å². The zero-order valence-electron chi connectivity index (χ0n) is 13.8. The van der Waals surface area contributed by atoms with E-state index >= 15 is 0 Å². The SMILES string of the molecule is Cc1ccc(-c2noc(C)c2-c2ccc(S(C)(=O)=O)c(F)c2)c(Br)c1. The van der Waals surface area contributed by atoms with E-state index in [1.54, 1.807) is 13.0 Å². The number of hydrogen-bond donors (Lipinski definition) is 0. The van der Waals surface area contributed by atoms with Crippen LogP contribution in [0.4, 0.5) is 4.39 Å². The quantitative estimate of drug-likeness (QED) is 0.598. The smallest absolute Gasteiger partial charge is 0.178 e. The lowest BCUT2D eigenvalue weighted by Gasteiger charge is -2.08. The minimum Gasteiger partial charge on any atom is -0.360 e. The number of halogens is 2. The molecule has 0 aliphatic heterocycles. The lowest BCUT2D eigenvalue weighted by molar-refractivity contribution is 0.400. The molecule has 1 aromatic heterocycles. The highest BCUT2D eigenvalue weighted by Gasteiger charge is 2.21. The molecular weight excluding hydrogens is 409 g/mol. The highest BCUT2D eigenvalue weighted by molar-refractivity contribution is 9.10. The molecule has 0 aliphatic rings. The van der Waals surface area contributed by atoms with E-state index in [0.717, 1.165) is 21.9 Å². The van der Waals surface area contributed by atoms with Crippen molar-refractivity contribution in [1.82, 2.24) is 5.16 Å². The maximum atomic E-state index is 14.3. The van der Waals surface area contributed by atoms with E-state index in [9.17, 15) is 12.8 Å². The van der Waals surface area contributed by atoms with Crippen LogP contribution in [0.2, 0.25) is 0 Å². The summed E-state index contributed by atoms with van der Waals surface area (Å²) in [5, 5.41) is 4.11. The average Bonchev–Trinajstić information content (AvgIpc) is 2.87. The van der Waals surface area contributed by atoms with Crippen LogP contribution in [0.25, 0.3) is 22.4 Å². The van der Waals surface area contributed by atoms with Crippen LogP contribution in [-0.2, 0) is 9.84 Å². The number of aryl methyl sites for hydroxylation is 2. The van der Waals surface area contributed by atoms with Crippen molar-refractivity contribution in [2.45, 2.75) is 18.7 Å².